The topological polar surface area (TPSA) is 49.4 Å². The Morgan fingerprint density at radius 2 is 1.94 bits per heavy atom. The third kappa shape index (κ3) is 3.85. The summed E-state index contributed by atoms with van der Waals surface area (Å²) < 4.78 is 26.6. The van der Waals surface area contributed by atoms with E-state index >= 15 is 0 Å². The van der Waals surface area contributed by atoms with Crippen molar-refractivity contribution in [1.29, 1.82) is 0 Å². The van der Waals surface area contributed by atoms with Crippen molar-refractivity contribution in [2.45, 2.75) is 37.2 Å². The molecule has 0 amide bonds. The summed E-state index contributed by atoms with van der Waals surface area (Å²) in [6, 6.07) is 0. The number of piperidine rings is 1. The lowest BCUT2D eigenvalue weighted by atomic mass is 10.0. The quantitative estimate of drug-likeness (QED) is 0.847. The van der Waals surface area contributed by atoms with Crippen LogP contribution in [-0.2, 0) is 10.0 Å². The Morgan fingerprint density at radius 1 is 1.28 bits per heavy atom. The first-order valence-electron chi connectivity index (χ1n) is 6.81. The predicted molar refractivity (Wildman–Crippen MR) is 77.5 cm³/mol. The van der Waals surface area contributed by atoms with Crippen LogP contribution in [-0.4, -0.2) is 55.2 Å². The molecule has 3 atom stereocenters. The van der Waals surface area contributed by atoms with E-state index in [-0.39, 0.29) is 0 Å². The van der Waals surface area contributed by atoms with E-state index in [0.717, 1.165) is 25.9 Å². The molecule has 2 saturated heterocycles. The lowest BCUT2D eigenvalue weighted by Crippen LogP contribution is -2.47. The maximum atomic E-state index is 12.4. The van der Waals surface area contributed by atoms with Crippen molar-refractivity contribution in [2.75, 3.05) is 31.9 Å². The highest BCUT2D eigenvalue weighted by molar-refractivity contribution is 8.00. The van der Waals surface area contributed by atoms with Crippen LogP contribution in [0.2, 0.25) is 0 Å². The molecule has 0 aromatic heterocycles. The van der Waals surface area contributed by atoms with Gasteiger partial charge in [0.1, 0.15) is 0 Å². The Kier molecular flexibility index (Phi) is 4.97. The normalized spacial score (nSPS) is 35.6. The average molecular weight is 292 g/mol. The predicted octanol–water partition coefficient (Wildman–Crippen LogP) is 1.14. The van der Waals surface area contributed by atoms with E-state index in [1.54, 1.807) is 4.31 Å². The highest BCUT2D eigenvalue weighted by Gasteiger charge is 2.32. The standard InChI is InChI=1S/C12H24N2O2S2/c1-10-7-14(8-11(2)17-10)18(15,16)9-12-4-3-5-13-6-12/h10-13H,3-9H2,1-2H3. The van der Waals surface area contributed by atoms with Gasteiger partial charge in [-0.2, -0.15) is 16.1 Å². The van der Waals surface area contributed by atoms with Gasteiger partial charge in [-0.3, -0.25) is 0 Å². The molecule has 0 radical (unpaired) electrons. The van der Waals surface area contributed by atoms with Crippen LogP contribution in [0.1, 0.15) is 26.7 Å². The van der Waals surface area contributed by atoms with Crippen molar-refractivity contribution in [1.82, 2.24) is 9.62 Å². The summed E-state index contributed by atoms with van der Waals surface area (Å²) in [4.78, 5) is 0. The van der Waals surface area contributed by atoms with Crippen LogP contribution in [0.25, 0.3) is 0 Å². The van der Waals surface area contributed by atoms with Gasteiger partial charge >= 0.3 is 0 Å². The van der Waals surface area contributed by atoms with Crippen LogP contribution in [0, 0.1) is 5.92 Å². The molecule has 18 heavy (non-hydrogen) atoms. The monoisotopic (exact) mass is 292 g/mol. The number of hydrogen-bond donors (Lipinski definition) is 1. The van der Waals surface area contributed by atoms with Gasteiger partial charge in [-0.25, -0.2) is 8.42 Å². The zero-order valence-corrected chi connectivity index (χ0v) is 12.9. The lowest BCUT2D eigenvalue weighted by Gasteiger charge is -2.35. The fourth-order valence-corrected chi connectivity index (χ4v) is 6.33. The first-order valence-corrected chi connectivity index (χ1v) is 9.36. The molecular formula is C12H24N2O2S2. The molecule has 0 spiro atoms. The maximum absolute atomic E-state index is 12.4. The minimum atomic E-state index is -3.07. The van der Waals surface area contributed by atoms with E-state index in [1.807, 2.05) is 11.8 Å². The summed E-state index contributed by atoms with van der Waals surface area (Å²) in [5.41, 5.74) is 0. The molecule has 0 bridgehead atoms. The zero-order chi connectivity index (χ0) is 13.2. The van der Waals surface area contributed by atoms with E-state index in [0.29, 0.717) is 35.3 Å². The first kappa shape index (κ1) is 14.6. The van der Waals surface area contributed by atoms with E-state index in [9.17, 15) is 8.42 Å². The number of hydrogen-bond acceptors (Lipinski definition) is 4. The number of nitrogens with zero attached hydrogens (tertiary/aromatic N) is 1. The molecule has 2 aliphatic rings. The van der Waals surface area contributed by atoms with Gasteiger partial charge in [0.15, 0.2) is 0 Å². The van der Waals surface area contributed by atoms with Gasteiger partial charge in [0.2, 0.25) is 10.0 Å². The van der Waals surface area contributed by atoms with E-state index in [1.165, 1.54) is 0 Å². The summed E-state index contributed by atoms with van der Waals surface area (Å²) >= 11 is 1.89. The van der Waals surface area contributed by atoms with Crippen molar-refractivity contribution in [3.05, 3.63) is 0 Å². The van der Waals surface area contributed by atoms with Gasteiger partial charge in [-0.15, -0.1) is 0 Å². The second-order valence-electron chi connectivity index (χ2n) is 5.57. The van der Waals surface area contributed by atoms with Crippen LogP contribution in [0.5, 0.6) is 0 Å². The minimum absolute atomic E-state index is 0.295. The van der Waals surface area contributed by atoms with Gasteiger partial charge < -0.3 is 5.32 Å². The van der Waals surface area contributed by atoms with Crippen molar-refractivity contribution < 1.29 is 8.42 Å². The van der Waals surface area contributed by atoms with Gasteiger partial charge in [0.05, 0.1) is 5.75 Å². The summed E-state index contributed by atoms with van der Waals surface area (Å²) in [7, 11) is -3.07. The summed E-state index contributed by atoms with van der Waals surface area (Å²) in [5.74, 6) is 0.619. The van der Waals surface area contributed by atoms with Gasteiger partial charge in [-0.05, 0) is 31.8 Å². The second-order valence-corrected chi connectivity index (χ2v) is 9.46. The summed E-state index contributed by atoms with van der Waals surface area (Å²) in [5, 5.41) is 4.11. The molecule has 2 fully saturated rings. The van der Waals surface area contributed by atoms with E-state index in [4.69, 9.17) is 0 Å². The molecular weight excluding hydrogens is 268 g/mol. The molecule has 0 aliphatic carbocycles. The Morgan fingerprint density at radius 3 is 2.50 bits per heavy atom. The second kappa shape index (κ2) is 6.11. The summed E-state index contributed by atoms with van der Waals surface area (Å²) in [6.07, 6.45) is 2.14. The van der Waals surface area contributed by atoms with Crippen LogP contribution in [0.15, 0.2) is 0 Å². The van der Waals surface area contributed by atoms with Crippen LogP contribution in [0.4, 0.5) is 0 Å². The van der Waals surface area contributed by atoms with Crippen molar-refractivity contribution in [3.8, 4) is 0 Å². The highest BCUT2D eigenvalue weighted by atomic mass is 32.2. The SMILES string of the molecule is CC1CN(S(=O)(=O)CC2CCCNC2)CC(C)S1. The molecule has 106 valence electrons. The van der Waals surface area contributed by atoms with Gasteiger partial charge in [-0.1, -0.05) is 13.8 Å². The minimum Gasteiger partial charge on any atom is -0.316 e. The van der Waals surface area contributed by atoms with E-state index < -0.39 is 10.0 Å². The fourth-order valence-electron chi connectivity index (χ4n) is 2.83. The number of thioether (sulfide) groups is 1. The molecule has 3 unspecified atom stereocenters. The third-order valence-electron chi connectivity index (χ3n) is 3.62. The third-order valence-corrected chi connectivity index (χ3v) is 6.83. The molecule has 0 saturated carbocycles. The Hall–Kier alpha value is 0.220. The molecule has 2 heterocycles. The summed E-state index contributed by atoms with van der Waals surface area (Å²) in [6.45, 7) is 7.48. The largest absolute Gasteiger partial charge is 0.316 e. The highest BCUT2D eigenvalue weighted by Crippen LogP contribution is 2.27. The molecule has 6 heteroatoms. The number of sulfonamides is 1. The Labute approximate surface area is 115 Å². The van der Waals surface area contributed by atoms with Crippen LogP contribution < -0.4 is 5.32 Å². The van der Waals surface area contributed by atoms with Crippen LogP contribution in [0.3, 0.4) is 0 Å². The molecule has 1 N–H and O–H groups in total. The number of nitrogens with one attached hydrogen (secondary N) is 1. The Balaban J connectivity index is 1.96. The molecule has 0 aromatic carbocycles. The first-order chi connectivity index (χ1) is 8.47. The Bertz CT molecular complexity index is 356. The van der Waals surface area contributed by atoms with E-state index in [2.05, 4.69) is 19.2 Å². The van der Waals surface area contributed by atoms with Gasteiger partial charge in [0.25, 0.3) is 0 Å². The van der Waals surface area contributed by atoms with Crippen molar-refractivity contribution >= 4 is 21.8 Å². The van der Waals surface area contributed by atoms with Gasteiger partial charge in [0, 0.05) is 23.6 Å². The average Bonchev–Trinajstić information content (AvgIpc) is 2.28. The molecule has 2 rings (SSSR count). The maximum Gasteiger partial charge on any atom is 0.214 e. The van der Waals surface area contributed by atoms with Crippen molar-refractivity contribution in [2.24, 2.45) is 5.92 Å². The molecule has 4 nitrogen and oxygen atoms in total. The smallest absolute Gasteiger partial charge is 0.214 e. The fraction of sp³-hybridized carbons (Fsp3) is 1.00. The zero-order valence-electron chi connectivity index (χ0n) is 11.3. The molecule has 2 aliphatic heterocycles. The van der Waals surface area contributed by atoms with Crippen LogP contribution >= 0.6 is 11.8 Å². The molecule has 0 aromatic rings. The lowest BCUT2D eigenvalue weighted by molar-refractivity contribution is 0.374. The van der Waals surface area contributed by atoms with Crippen molar-refractivity contribution in [3.63, 3.8) is 0 Å². The number of rotatable bonds is 3.